The number of thiazole rings is 1. The Balaban J connectivity index is 1.28. The maximum Gasteiger partial charge on any atom is 0.258 e. The molecule has 0 N–H and O–H groups in total. The molecule has 3 heterocycles. The lowest BCUT2D eigenvalue weighted by atomic mass is 10.1. The summed E-state index contributed by atoms with van der Waals surface area (Å²) in [6, 6.07) is 7.95. The van der Waals surface area contributed by atoms with Crippen LogP contribution in [0.4, 0.5) is 5.69 Å². The van der Waals surface area contributed by atoms with Crippen molar-refractivity contribution >= 4 is 39.7 Å². The van der Waals surface area contributed by atoms with E-state index in [9.17, 15) is 9.59 Å². The number of thioether (sulfide) groups is 1. The fourth-order valence-electron chi connectivity index (χ4n) is 3.57. The van der Waals surface area contributed by atoms with Crippen LogP contribution < -0.4 is 10.5 Å². The third kappa shape index (κ3) is 4.33. The Morgan fingerprint density at radius 2 is 2.00 bits per heavy atom. The minimum Gasteiger partial charge on any atom is -0.368 e. The lowest BCUT2D eigenvalue weighted by Gasteiger charge is -2.37. The number of anilines is 1. The van der Waals surface area contributed by atoms with Crippen molar-refractivity contribution in [3.63, 3.8) is 0 Å². The summed E-state index contributed by atoms with van der Waals surface area (Å²) in [5.41, 5.74) is 4.55. The maximum atomic E-state index is 12.6. The van der Waals surface area contributed by atoms with Gasteiger partial charge in [0.25, 0.3) is 5.56 Å². The van der Waals surface area contributed by atoms with Crippen LogP contribution in [-0.2, 0) is 10.5 Å². The minimum atomic E-state index is -0.0688. The highest BCUT2D eigenvalue weighted by Gasteiger charge is 2.22. The number of hydrogen-bond donors (Lipinski definition) is 0. The van der Waals surface area contributed by atoms with Crippen LogP contribution >= 0.6 is 23.1 Å². The molecule has 8 heteroatoms. The first-order valence-electron chi connectivity index (χ1n) is 9.65. The Morgan fingerprint density at radius 3 is 2.79 bits per heavy atom. The standard InChI is InChI=1S/C21H24N4O2S2/c1-15-4-3-5-18(16(15)2)23-6-8-24(9-7-23)20(27)14-28-13-17-12-19(26)25-10-11-29-21(25)22-17/h3-5,10-12H,6-9,13-14H2,1-2H3. The highest BCUT2D eigenvalue weighted by molar-refractivity contribution is 7.99. The van der Waals surface area contributed by atoms with E-state index in [0.717, 1.165) is 31.9 Å². The summed E-state index contributed by atoms with van der Waals surface area (Å²) in [6.07, 6.45) is 1.73. The second kappa shape index (κ2) is 8.59. The third-order valence-electron chi connectivity index (χ3n) is 5.38. The van der Waals surface area contributed by atoms with E-state index in [1.54, 1.807) is 16.7 Å². The van der Waals surface area contributed by atoms with E-state index in [1.165, 1.54) is 39.9 Å². The van der Waals surface area contributed by atoms with Gasteiger partial charge in [0.05, 0.1) is 11.4 Å². The van der Waals surface area contributed by atoms with Crippen molar-refractivity contribution in [3.05, 3.63) is 63.0 Å². The van der Waals surface area contributed by atoms with E-state index in [1.807, 2.05) is 10.3 Å². The summed E-state index contributed by atoms with van der Waals surface area (Å²) in [6.45, 7) is 7.49. The zero-order chi connectivity index (χ0) is 20.4. The van der Waals surface area contributed by atoms with E-state index in [2.05, 4.69) is 41.9 Å². The Labute approximate surface area is 178 Å². The van der Waals surface area contributed by atoms with Gasteiger partial charge < -0.3 is 9.80 Å². The van der Waals surface area contributed by atoms with E-state index in [-0.39, 0.29) is 11.5 Å². The third-order valence-corrected chi connectivity index (χ3v) is 7.09. The molecule has 0 aliphatic carbocycles. The van der Waals surface area contributed by atoms with Gasteiger partial charge in [-0.1, -0.05) is 12.1 Å². The van der Waals surface area contributed by atoms with Crippen LogP contribution in [0.1, 0.15) is 16.8 Å². The van der Waals surface area contributed by atoms with Gasteiger partial charge in [0, 0.05) is 55.3 Å². The number of piperazine rings is 1. The molecule has 3 aromatic rings. The first kappa shape index (κ1) is 20.0. The number of hydrogen-bond acceptors (Lipinski definition) is 6. The molecule has 0 bridgehead atoms. The SMILES string of the molecule is Cc1cccc(N2CCN(C(=O)CSCc3cc(=O)n4ccsc4n3)CC2)c1C. The van der Waals surface area contributed by atoms with Crippen LogP contribution in [-0.4, -0.2) is 52.1 Å². The predicted molar refractivity (Wildman–Crippen MR) is 120 cm³/mol. The van der Waals surface area contributed by atoms with Gasteiger partial charge in [-0.05, 0) is 31.0 Å². The number of aryl methyl sites for hydroxylation is 1. The number of carbonyl (C=O) groups is 1. The van der Waals surface area contributed by atoms with Crippen LogP contribution in [0.2, 0.25) is 0 Å². The first-order valence-corrected chi connectivity index (χ1v) is 11.7. The Kier molecular flexibility index (Phi) is 5.91. The summed E-state index contributed by atoms with van der Waals surface area (Å²) in [4.78, 5) is 34.1. The predicted octanol–water partition coefficient (Wildman–Crippen LogP) is 2.95. The molecule has 6 nitrogen and oxygen atoms in total. The van der Waals surface area contributed by atoms with Gasteiger partial charge in [-0.15, -0.1) is 23.1 Å². The van der Waals surface area contributed by atoms with E-state index in [0.29, 0.717) is 16.5 Å². The van der Waals surface area contributed by atoms with Gasteiger partial charge in [0.1, 0.15) is 0 Å². The molecule has 1 aliphatic rings. The highest BCUT2D eigenvalue weighted by atomic mass is 32.2. The van der Waals surface area contributed by atoms with Gasteiger partial charge in [0.2, 0.25) is 5.91 Å². The second-order valence-electron chi connectivity index (χ2n) is 7.22. The molecule has 1 fully saturated rings. The number of nitrogens with zero attached hydrogens (tertiary/aromatic N) is 4. The maximum absolute atomic E-state index is 12.6. The van der Waals surface area contributed by atoms with E-state index < -0.39 is 0 Å². The minimum absolute atomic E-state index is 0.0688. The molecule has 152 valence electrons. The topological polar surface area (TPSA) is 57.9 Å². The molecule has 4 rings (SSSR count). The zero-order valence-corrected chi connectivity index (χ0v) is 18.3. The van der Waals surface area contributed by atoms with Crippen molar-refractivity contribution in [2.24, 2.45) is 0 Å². The normalized spacial score (nSPS) is 14.6. The lowest BCUT2D eigenvalue weighted by molar-refractivity contribution is -0.128. The quantitative estimate of drug-likeness (QED) is 0.625. The molecule has 0 unspecified atom stereocenters. The van der Waals surface area contributed by atoms with Gasteiger partial charge in [-0.2, -0.15) is 0 Å². The summed E-state index contributed by atoms with van der Waals surface area (Å²) in [5.74, 6) is 1.14. The summed E-state index contributed by atoms with van der Waals surface area (Å²) in [5, 5.41) is 1.85. The van der Waals surface area contributed by atoms with Gasteiger partial charge in [0.15, 0.2) is 4.96 Å². The summed E-state index contributed by atoms with van der Waals surface area (Å²) < 4.78 is 1.54. The van der Waals surface area contributed by atoms with Crippen molar-refractivity contribution < 1.29 is 4.79 Å². The van der Waals surface area contributed by atoms with Crippen LogP contribution in [0.25, 0.3) is 4.96 Å². The monoisotopic (exact) mass is 428 g/mol. The summed E-state index contributed by atoms with van der Waals surface area (Å²) in [7, 11) is 0. The molecule has 1 aliphatic heterocycles. The van der Waals surface area contributed by atoms with Crippen LogP contribution in [0, 0.1) is 13.8 Å². The van der Waals surface area contributed by atoms with Crippen LogP contribution in [0.5, 0.6) is 0 Å². The smallest absolute Gasteiger partial charge is 0.258 e. The largest absolute Gasteiger partial charge is 0.368 e. The Bertz CT molecular complexity index is 1080. The first-order chi connectivity index (χ1) is 14.0. The average Bonchev–Trinajstić information content (AvgIpc) is 3.19. The molecule has 0 atom stereocenters. The van der Waals surface area contributed by atoms with E-state index >= 15 is 0 Å². The van der Waals surface area contributed by atoms with Crippen molar-refractivity contribution in [2.75, 3.05) is 36.8 Å². The number of aromatic nitrogens is 2. The molecule has 1 amide bonds. The Hall–Kier alpha value is -2.32. The van der Waals surface area contributed by atoms with Crippen molar-refractivity contribution in [3.8, 4) is 0 Å². The summed E-state index contributed by atoms with van der Waals surface area (Å²) >= 11 is 2.96. The number of fused-ring (bicyclic) bond motifs is 1. The second-order valence-corrected chi connectivity index (χ2v) is 9.08. The molecule has 0 radical (unpaired) electrons. The van der Waals surface area contributed by atoms with Crippen molar-refractivity contribution in [1.82, 2.24) is 14.3 Å². The fourth-order valence-corrected chi connectivity index (χ4v) is 5.13. The molecular formula is C21H24N4O2S2. The fraction of sp³-hybridized carbons (Fsp3) is 0.381. The molecule has 29 heavy (non-hydrogen) atoms. The average molecular weight is 429 g/mol. The molecule has 1 saturated heterocycles. The molecular weight excluding hydrogens is 404 g/mol. The molecule has 0 saturated carbocycles. The van der Waals surface area contributed by atoms with Crippen molar-refractivity contribution in [1.29, 1.82) is 0 Å². The highest BCUT2D eigenvalue weighted by Crippen LogP contribution is 2.24. The molecule has 2 aromatic heterocycles. The van der Waals surface area contributed by atoms with E-state index in [4.69, 9.17) is 0 Å². The van der Waals surface area contributed by atoms with Crippen molar-refractivity contribution in [2.45, 2.75) is 19.6 Å². The number of rotatable bonds is 5. The number of carbonyl (C=O) groups excluding carboxylic acids is 1. The Morgan fingerprint density at radius 1 is 1.21 bits per heavy atom. The van der Waals surface area contributed by atoms with Gasteiger partial charge in [-0.25, -0.2) is 4.98 Å². The number of benzene rings is 1. The lowest BCUT2D eigenvalue weighted by Crippen LogP contribution is -2.49. The van der Waals surface area contributed by atoms with Gasteiger partial charge in [-0.3, -0.25) is 14.0 Å². The van der Waals surface area contributed by atoms with Crippen LogP contribution in [0.3, 0.4) is 0 Å². The zero-order valence-electron chi connectivity index (χ0n) is 16.6. The van der Waals surface area contributed by atoms with Gasteiger partial charge >= 0.3 is 0 Å². The molecule has 0 spiro atoms. The van der Waals surface area contributed by atoms with Crippen LogP contribution in [0.15, 0.2) is 40.6 Å². The number of amides is 1. The molecule has 1 aromatic carbocycles.